The molecule has 21 heavy (non-hydrogen) atoms. The molecular formula is C16H27N3OS. The summed E-state index contributed by atoms with van der Waals surface area (Å²) < 4.78 is 5.45. The fourth-order valence-corrected chi connectivity index (χ4v) is 3.58. The van der Waals surface area contributed by atoms with Gasteiger partial charge in [0.05, 0.1) is 6.61 Å². The number of nitrogens with one attached hydrogen (secondary N) is 1. The molecule has 2 heterocycles. The molecule has 4 nitrogen and oxygen atoms in total. The smallest absolute Gasteiger partial charge is 0.133 e. The van der Waals surface area contributed by atoms with Gasteiger partial charge in [0.1, 0.15) is 5.82 Å². The van der Waals surface area contributed by atoms with E-state index < -0.39 is 0 Å². The molecule has 0 unspecified atom stereocenters. The number of nitrogens with zero attached hydrogens (tertiary/aromatic N) is 2. The zero-order valence-electron chi connectivity index (χ0n) is 13.4. The summed E-state index contributed by atoms with van der Waals surface area (Å²) in [6.45, 7) is 9.30. The van der Waals surface area contributed by atoms with Gasteiger partial charge in [-0.05, 0) is 12.5 Å². The Kier molecular flexibility index (Phi) is 6.33. The Balaban J connectivity index is 2.01. The minimum atomic E-state index is 0.375. The molecule has 1 aliphatic heterocycles. The molecule has 118 valence electrons. The van der Waals surface area contributed by atoms with Crippen LogP contribution in [0.15, 0.2) is 18.3 Å². The van der Waals surface area contributed by atoms with Crippen LogP contribution in [0, 0.1) is 0 Å². The third-order valence-corrected chi connectivity index (χ3v) is 5.18. The van der Waals surface area contributed by atoms with Crippen molar-refractivity contribution in [2.24, 2.45) is 0 Å². The molecule has 0 radical (unpaired) electrons. The van der Waals surface area contributed by atoms with Gasteiger partial charge in [0.15, 0.2) is 0 Å². The highest BCUT2D eigenvalue weighted by molar-refractivity contribution is 8.00. The zero-order chi connectivity index (χ0) is 15.1. The van der Waals surface area contributed by atoms with Crippen LogP contribution in [0.4, 0.5) is 5.82 Å². The number of rotatable bonds is 6. The highest BCUT2D eigenvalue weighted by atomic mass is 32.2. The predicted octanol–water partition coefficient (Wildman–Crippen LogP) is 2.54. The summed E-state index contributed by atoms with van der Waals surface area (Å²) in [7, 11) is 1.73. The van der Waals surface area contributed by atoms with E-state index >= 15 is 0 Å². The first-order valence-electron chi connectivity index (χ1n) is 7.65. The largest absolute Gasteiger partial charge is 0.383 e. The number of ether oxygens (including phenoxy) is 1. The average molecular weight is 309 g/mol. The normalized spacial score (nSPS) is 18.5. The van der Waals surface area contributed by atoms with Crippen LogP contribution in [0.25, 0.3) is 0 Å². The van der Waals surface area contributed by atoms with Gasteiger partial charge >= 0.3 is 0 Å². The van der Waals surface area contributed by atoms with Crippen molar-refractivity contribution in [3.05, 3.63) is 23.9 Å². The number of hydrogen-bond donors (Lipinski definition) is 1. The van der Waals surface area contributed by atoms with E-state index in [4.69, 9.17) is 4.74 Å². The molecule has 1 aliphatic rings. The van der Waals surface area contributed by atoms with E-state index in [1.807, 2.05) is 12.3 Å². The molecule has 1 aromatic rings. The Morgan fingerprint density at radius 2 is 2.29 bits per heavy atom. The van der Waals surface area contributed by atoms with E-state index in [1.54, 1.807) is 7.11 Å². The molecule has 2 rings (SSSR count). The van der Waals surface area contributed by atoms with Gasteiger partial charge in [0, 0.05) is 55.5 Å². The first-order chi connectivity index (χ1) is 10.1. The van der Waals surface area contributed by atoms with Gasteiger partial charge in [-0.2, -0.15) is 11.8 Å². The molecule has 0 spiro atoms. The Labute approximate surface area is 132 Å². The quantitative estimate of drug-likeness (QED) is 0.817. The lowest BCUT2D eigenvalue weighted by atomic mass is 10.1. The van der Waals surface area contributed by atoms with E-state index in [-0.39, 0.29) is 0 Å². The van der Waals surface area contributed by atoms with E-state index in [2.05, 4.69) is 46.9 Å². The maximum atomic E-state index is 5.07. The second kappa shape index (κ2) is 8.01. The fraction of sp³-hybridized carbons (Fsp3) is 0.688. The molecule has 1 saturated heterocycles. The van der Waals surface area contributed by atoms with Crippen LogP contribution in [0.1, 0.15) is 25.8 Å². The molecule has 1 N–H and O–H groups in total. The first kappa shape index (κ1) is 16.6. The summed E-state index contributed by atoms with van der Waals surface area (Å²) in [5.41, 5.74) is 1.28. The number of anilines is 1. The minimum Gasteiger partial charge on any atom is -0.383 e. The predicted molar refractivity (Wildman–Crippen MR) is 91.2 cm³/mol. The summed E-state index contributed by atoms with van der Waals surface area (Å²) in [6, 6.07) is 4.19. The van der Waals surface area contributed by atoms with Crippen molar-refractivity contribution in [1.29, 1.82) is 0 Å². The molecule has 0 amide bonds. The van der Waals surface area contributed by atoms with Crippen LogP contribution in [-0.4, -0.2) is 48.8 Å². The lowest BCUT2D eigenvalue weighted by Crippen LogP contribution is -2.30. The van der Waals surface area contributed by atoms with Crippen molar-refractivity contribution in [2.45, 2.75) is 31.6 Å². The van der Waals surface area contributed by atoms with Crippen LogP contribution in [-0.2, 0) is 11.3 Å². The summed E-state index contributed by atoms with van der Waals surface area (Å²) in [5, 5.41) is 3.42. The molecule has 1 aromatic heterocycles. The van der Waals surface area contributed by atoms with Crippen LogP contribution in [0.2, 0.25) is 0 Å². The molecule has 0 aliphatic carbocycles. The first-order valence-corrected chi connectivity index (χ1v) is 8.63. The average Bonchev–Trinajstić information content (AvgIpc) is 2.65. The van der Waals surface area contributed by atoms with Gasteiger partial charge in [-0.1, -0.05) is 19.9 Å². The number of hydrogen-bond acceptors (Lipinski definition) is 5. The number of pyridine rings is 1. The van der Waals surface area contributed by atoms with Crippen molar-refractivity contribution in [3.8, 4) is 0 Å². The second-order valence-electron chi connectivity index (χ2n) is 6.00. The number of aromatic nitrogens is 1. The van der Waals surface area contributed by atoms with E-state index in [0.717, 1.165) is 38.6 Å². The van der Waals surface area contributed by atoms with Crippen LogP contribution >= 0.6 is 11.8 Å². The monoisotopic (exact) mass is 309 g/mol. The molecule has 1 fully saturated rings. The Bertz CT molecular complexity index is 439. The van der Waals surface area contributed by atoms with Crippen molar-refractivity contribution in [3.63, 3.8) is 0 Å². The van der Waals surface area contributed by atoms with Crippen molar-refractivity contribution in [1.82, 2.24) is 10.3 Å². The van der Waals surface area contributed by atoms with Gasteiger partial charge in [-0.3, -0.25) is 0 Å². The fourth-order valence-electron chi connectivity index (χ4n) is 2.48. The van der Waals surface area contributed by atoms with Crippen molar-refractivity contribution in [2.75, 3.05) is 44.0 Å². The Hall–Kier alpha value is -0.780. The van der Waals surface area contributed by atoms with Crippen molar-refractivity contribution >= 4 is 17.6 Å². The van der Waals surface area contributed by atoms with Crippen LogP contribution in [0.3, 0.4) is 0 Å². The van der Waals surface area contributed by atoms with Gasteiger partial charge < -0.3 is 15.0 Å². The maximum Gasteiger partial charge on any atom is 0.133 e. The van der Waals surface area contributed by atoms with Crippen LogP contribution < -0.4 is 10.2 Å². The van der Waals surface area contributed by atoms with E-state index in [1.165, 1.54) is 17.7 Å². The maximum absolute atomic E-state index is 5.07. The Morgan fingerprint density at radius 1 is 1.43 bits per heavy atom. The summed E-state index contributed by atoms with van der Waals surface area (Å²) in [4.78, 5) is 7.08. The topological polar surface area (TPSA) is 37.4 Å². The third kappa shape index (κ3) is 5.16. The molecule has 5 heteroatoms. The van der Waals surface area contributed by atoms with Gasteiger partial charge in [-0.15, -0.1) is 0 Å². The van der Waals surface area contributed by atoms with Gasteiger partial charge in [-0.25, -0.2) is 4.98 Å². The summed E-state index contributed by atoms with van der Waals surface area (Å²) >= 11 is 2.07. The second-order valence-corrected chi connectivity index (χ2v) is 7.80. The summed E-state index contributed by atoms with van der Waals surface area (Å²) in [5.74, 6) is 2.31. The Morgan fingerprint density at radius 3 is 3.10 bits per heavy atom. The lowest BCUT2D eigenvalue weighted by molar-refractivity contribution is 0.199. The SMILES string of the molecule is COCCNCc1cccnc1N1CCSC(C)(C)CC1. The highest BCUT2D eigenvalue weighted by Gasteiger charge is 2.25. The van der Waals surface area contributed by atoms with Gasteiger partial charge in [0.2, 0.25) is 0 Å². The van der Waals surface area contributed by atoms with Gasteiger partial charge in [0.25, 0.3) is 0 Å². The molecule has 0 atom stereocenters. The standard InChI is InChI=1S/C16H27N3OS/c1-16(2)6-9-19(10-12-21-16)15-14(5-4-7-18-15)13-17-8-11-20-3/h4-5,7,17H,6,8-13H2,1-3H3. The molecule has 0 saturated carbocycles. The summed E-state index contributed by atoms with van der Waals surface area (Å²) in [6.07, 6.45) is 3.10. The van der Waals surface area contributed by atoms with Crippen LogP contribution in [0.5, 0.6) is 0 Å². The lowest BCUT2D eigenvalue weighted by Gasteiger charge is -2.25. The molecule has 0 aromatic carbocycles. The minimum absolute atomic E-state index is 0.375. The third-order valence-electron chi connectivity index (χ3n) is 3.80. The van der Waals surface area contributed by atoms with Crippen molar-refractivity contribution < 1.29 is 4.74 Å². The van der Waals surface area contributed by atoms with E-state index in [9.17, 15) is 0 Å². The number of methoxy groups -OCH3 is 1. The molecular weight excluding hydrogens is 282 g/mol. The molecule has 0 bridgehead atoms. The highest BCUT2D eigenvalue weighted by Crippen LogP contribution is 2.32. The van der Waals surface area contributed by atoms with E-state index in [0.29, 0.717) is 4.75 Å². The zero-order valence-corrected chi connectivity index (χ0v) is 14.2. The number of thioether (sulfide) groups is 1.